The molecule has 0 unspecified atom stereocenters. The normalized spacial score (nSPS) is 19.4. The van der Waals surface area contributed by atoms with Crippen LogP contribution >= 0.6 is 11.3 Å². The molecule has 3 rings (SSSR count). The molecule has 5 atom stereocenters. The molecule has 0 saturated carbocycles. The molecule has 0 aliphatic carbocycles. The Morgan fingerprint density at radius 1 is 0.868 bits per heavy atom. The molecule has 1 aromatic heterocycles. The van der Waals surface area contributed by atoms with E-state index in [4.69, 9.17) is 48.2 Å². The number of hydrogen-bond acceptors (Lipinski definition) is 17. The zero-order valence-corrected chi connectivity index (χ0v) is 30.7. The van der Waals surface area contributed by atoms with E-state index in [0.717, 1.165) is 39.0 Å². The number of hydrogen-bond donors (Lipinski definition) is 0. The lowest BCUT2D eigenvalue weighted by Gasteiger charge is -2.44. The molecule has 290 valence electrons. The summed E-state index contributed by atoms with van der Waals surface area (Å²) in [7, 11) is 1.59. The number of carbonyl (C=O) groups excluding carboxylic acids is 6. The lowest BCUT2D eigenvalue weighted by Crippen LogP contribution is -2.63. The number of amides is 1. The molecule has 1 saturated heterocycles. The van der Waals surface area contributed by atoms with Gasteiger partial charge in [-0.2, -0.15) is 0 Å². The molecule has 2 heterocycles. The van der Waals surface area contributed by atoms with Gasteiger partial charge in [0, 0.05) is 68.4 Å². The Hall–Kier alpha value is -4.85. The fraction of sp³-hybridized carbons (Fsp3) is 0.576. The van der Waals surface area contributed by atoms with Gasteiger partial charge in [-0.3, -0.25) is 28.8 Å². The Labute approximate surface area is 308 Å². The maximum atomic E-state index is 13.4. The quantitative estimate of drug-likeness (QED) is 0.0338. The van der Waals surface area contributed by atoms with E-state index < -0.39 is 61.2 Å². The van der Waals surface area contributed by atoms with Crippen LogP contribution in [0.3, 0.4) is 0 Å². The number of aldehydes is 1. The first-order valence-electron chi connectivity index (χ1n) is 16.3. The van der Waals surface area contributed by atoms with Crippen LogP contribution in [0.2, 0.25) is 0 Å². The summed E-state index contributed by atoms with van der Waals surface area (Å²) in [6.45, 7) is 6.30. The third-order valence-corrected chi connectivity index (χ3v) is 8.44. The van der Waals surface area contributed by atoms with E-state index in [1.54, 1.807) is 7.05 Å². The summed E-state index contributed by atoms with van der Waals surface area (Å²) in [5.74, 6) is -3.33. The number of likely N-dealkylation sites (N-methyl/N-ethyl adjacent to an activating group) is 1. The Kier molecular flexibility index (Phi) is 17.4. The highest BCUT2D eigenvalue weighted by atomic mass is 32.1. The second-order valence-electron chi connectivity index (χ2n) is 11.3. The van der Waals surface area contributed by atoms with Gasteiger partial charge >= 0.3 is 23.9 Å². The maximum Gasteiger partial charge on any atom is 0.303 e. The van der Waals surface area contributed by atoms with E-state index >= 15 is 0 Å². The molecule has 1 amide bonds. The summed E-state index contributed by atoms with van der Waals surface area (Å²) in [5, 5.41) is 3.71. The summed E-state index contributed by atoms with van der Waals surface area (Å²) < 4.78 is 50.4. The van der Waals surface area contributed by atoms with E-state index in [0.29, 0.717) is 42.8 Å². The van der Waals surface area contributed by atoms with Crippen molar-refractivity contribution < 1.29 is 71.4 Å². The lowest BCUT2D eigenvalue weighted by atomic mass is 9.98. The van der Waals surface area contributed by atoms with Crippen LogP contribution in [0.5, 0.6) is 5.75 Å². The number of rotatable bonds is 21. The topological polar surface area (TPSA) is 237 Å². The molecule has 19 nitrogen and oxygen atoms in total. The minimum Gasteiger partial charge on any atom is -0.463 e. The van der Waals surface area contributed by atoms with E-state index in [9.17, 15) is 28.8 Å². The van der Waals surface area contributed by atoms with Crippen LogP contribution in [0.4, 0.5) is 0 Å². The molecule has 0 spiro atoms. The summed E-state index contributed by atoms with van der Waals surface area (Å²) in [4.78, 5) is 78.0. The standard InChI is InChI=1S/C33H42N4O15S/c1-19(39)47-18-26-28(48-20(2)40)29(49-21(3)41)30(50-22(4)42)33(52-26)51-25-7-6-23(17-38)31-24(25)16-27(53-31)32(43)37(5)9-11-45-13-15-46-14-12-44-10-8-35-36-34/h6-7,16-17,26,28-30,33H,8-15,18H2,1-5H3/t26-,28+,29+,30-,33-/m1/s1. The van der Waals surface area contributed by atoms with E-state index in [1.807, 2.05) is 0 Å². The average Bonchev–Trinajstić information content (AvgIpc) is 3.55. The largest absolute Gasteiger partial charge is 0.463 e. The van der Waals surface area contributed by atoms with Crippen LogP contribution in [-0.4, -0.2) is 138 Å². The van der Waals surface area contributed by atoms with Gasteiger partial charge in [0.1, 0.15) is 18.5 Å². The van der Waals surface area contributed by atoms with Crippen LogP contribution in [-0.2, 0) is 57.1 Å². The molecule has 1 fully saturated rings. The minimum atomic E-state index is -1.53. The summed E-state index contributed by atoms with van der Waals surface area (Å²) in [6, 6.07) is 4.46. The summed E-state index contributed by atoms with van der Waals surface area (Å²) in [6.07, 6.45) is -6.47. The first-order chi connectivity index (χ1) is 25.4. The van der Waals surface area contributed by atoms with E-state index in [2.05, 4.69) is 10.0 Å². The lowest BCUT2D eigenvalue weighted by molar-refractivity contribution is -0.288. The Balaban J connectivity index is 1.78. The van der Waals surface area contributed by atoms with Crippen molar-refractivity contribution in [1.29, 1.82) is 0 Å². The van der Waals surface area contributed by atoms with Gasteiger partial charge in [-0.05, 0) is 23.7 Å². The van der Waals surface area contributed by atoms with Gasteiger partial charge in [0.25, 0.3) is 5.91 Å². The van der Waals surface area contributed by atoms with Crippen LogP contribution < -0.4 is 4.74 Å². The van der Waals surface area contributed by atoms with Gasteiger partial charge in [0.15, 0.2) is 18.5 Å². The van der Waals surface area contributed by atoms with Crippen molar-refractivity contribution in [2.24, 2.45) is 5.11 Å². The van der Waals surface area contributed by atoms with Crippen molar-refractivity contribution in [3.63, 3.8) is 0 Å². The Bertz CT molecular complexity index is 1650. The van der Waals surface area contributed by atoms with Gasteiger partial charge in [0.2, 0.25) is 12.4 Å². The van der Waals surface area contributed by atoms with E-state index in [1.165, 1.54) is 23.1 Å². The number of fused-ring (bicyclic) bond motifs is 1. The first-order valence-corrected chi connectivity index (χ1v) is 17.2. The number of benzene rings is 1. The molecular weight excluding hydrogens is 724 g/mol. The van der Waals surface area contributed by atoms with Crippen molar-refractivity contribution >= 4 is 57.5 Å². The summed E-state index contributed by atoms with van der Waals surface area (Å²) in [5.41, 5.74) is 8.50. The Morgan fingerprint density at radius 3 is 2.08 bits per heavy atom. The molecule has 0 radical (unpaired) electrons. The second kappa shape index (κ2) is 21.6. The van der Waals surface area contributed by atoms with Gasteiger partial charge in [-0.15, -0.1) is 11.3 Å². The van der Waals surface area contributed by atoms with Crippen molar-refractivity contribution in [2.75, 3.05) is 66.4 Å². The molecular formula is C33H42N4O15S. The summed E-state index contributed by atoms with van der Waals surface area (Å²) >= 11 is 1.05. The monoisotopic (exact) mass is 766 g/mol. The van der Waals surface area contributed by atoms with Crippen LogP contribution in [0.15, 0.2) is 23.3 Å². The zero-order chi connectivity index (χ0) is 38.9. The highest BCUT2D eigenvalue weighted by Gasteiger charge is 2.53. The number of esters is 4. The zero-order valence-electron chi connectivity index (χ0n) is 29.9. The Morgan fingerprint density at radius 2 is 1.47 bits per heavy atom. The molecule has 20 heteroatoms. The van der Waals surface area contributed by atoms with Gasteiger partial charge < -0.3 is 47.5 Å². The third-order valence-electron chi connectivity index (χ3n) is 7.26. The number of ether oxygens (including phenoxy) is 9. The van der Waals surface area contributed by atoms with Crippen molar-refractivity contribution in [1.82, 2.24) is 4.90 Å². The van der Waals surface area contributed by atoms with Crippen LogP contribution in [0, 0.1) is 0 Å². The smallest absolute Gasteiger partial charge is 0.303 e. The first kappa shape index (κ1) is 42.6. The second-order valence-corrected chi connectivity index (χ2v) is 12.4. The van der Waals surface area contributed by atoms with E-state index in [-0.39, 0.29) is 48.4 Å². The molecule has 2 aromatic rings. The van der Waals surface area contributed by atoms with Crippen molar-refractivity contribution in [3.05, 3.63) is 39.1 Å². The number of azide groups is 1. The molecule has 1 aliphatic rings. The SMILES string of the molecule is CC(=O)OC[C@H]1O[C@@H](Oc2ccc(C=O)c3sc(C(=O)N(C)CCOCCOCCOCCN=[N+]=[N-])cc23)[C@H](OC(C)=O)[C@@H](OC(C)=O)[C@H]1OC(C)=O. The molecule has 0 bridgehead atoms. The molecule has 53 heavy (non-hydrogen) atoms. The fourth-order valence-electron chi connectivity index (χ4n) is 5.01. The highest BCUT2D eigenvalue weighted by molar-refractivity contribution is 7.21. The van der Waals surface area contributed by atoms with Gasteiger partial charge in [-0.25, -0.2) is 0 Å². The number of nitrogens with zero attached hydrogens (tertiary/aromatic N) is 4. The third kappa shape index (κ3) is 13.3. The predicted molar refractivity (Wildman–Crippen MR) is 183 cm³/mol. The number of carbonyl (C=O) groups is 6. The number of thiophene rings is 1. The predicted octanol–water partition coefficient (Wildman–Crippen LogP) is 2.61. The maximum absolute atomic E-state index is 13.4. The highest BCUT2D eigenvalue weighted by Crippen LogP contribution is 2.38. The van der Waals surface area contributed by atoms with Crippen molar-refractivity contribution in [3.8, 4) is 5.75 Å². The molecule has 0 N–H and O–H groups in total. The van der Waals surface area contributed by atoms with Crippen LogP contribution in [0.25, 0.3) is 20.5 Å². The average molecular weight is 767 g/mol. The fourth-order valence-corrected chi connectivity index (χ4v) is 6.16. The molecule has 1 aromatic carbocycles. The minimum absolute atomic E-state index is 0.105. The van der Waals surface area contributed by atoms with Gasteiger partial charge in [0.05, 0.1) is 44.5 Å². The van der Waals surface area contributed by atoms with Crippen molar-refractivity contribution in [2.45, 2.75) is 58.4 Å². The van der Waals surface area contributed by atoms with Crippen LogP contribution in [0.1, 0.15) is 47.7 Å². The van der Waals surface area contributed by atoms with Gasteiger partial charge in [-0.1, -0.05) is 5.11 Å². The molecule has 1 aliphatic heterocycles.